The van der Waals surface area contributed by atoms with Gasteiger partial charge in [-0.05, 0) is 31.0 Å². The van der Waals surface area contributed by atoms with Crippen molar-refractivity contribution < 1.29 is 19.1 Å². The van der Waals surface area contributed by atoms with Crippen molar-refractivity contribution in [2.45, 2.75) is 53.5 Å². The van der Waals surface area contributed by atoms with Gasteiger partial charge in [0.1, 0.15) is 0 Å². The minimum atomic E-state index is -0.611. The third-order valence-corrected chi connectivity index (χ3v) is 4.92. The van der Waals surface area contributed by atoms with E-state index in [1.807, 2.05) is 27.7 Å². The lowest BCUT2D eigenvalue weighted by atomic mass is 9.94. The Morgan fingerprint density at radius 1 is 1.21 bits per heavy atom. The second-order valence-electron chi connectivity index (χ2n) is 8.20. The molecule has 1 heterocycles. The molecule has 0 bridgehead atoms. The zero-order chi connectivity index (χ0) is 21.8. The van der Waals surface area contributed by atoms with Crippen LogP contribution in [0, 0.1) is 5.41 Å². The third kappa shape index (κ3) is 5.16. The molecule has 0 spiro atoms. The number of amides is 3. The number of nitrogens with one attached hydrogen (secondary N) is 2. The predicted molar refractivity (Wildman–Crippen MR) is 112 cm³/mol. The fraction of sp³-hybridized carbons (Fsp3) is 0.500. The molecule has 1 aromatic rings. The summed E-state index contributed by atoms with van der Waals surface area (Å²) in [7, 11) is 1.33. The Morgan fingerprint density at radius 2 is 1.83 bits per heavy atom. The minimum Gasteiger partial charge on any atom is -0.466 e. The molecule has 1 aromatic carbocycles. The topological polar surface area (TPSA) is 87.7 Å². The molecule has 29 heavy (non-hydrogen) atoms. The largest absolute Gasteiger partial charge is 0.466 e. The molecule has 0 aliphatic carbocycles. The van der Waals surface area contributed by atoms with Crippen molar-refractivity contribution in [3.05, 3.63) is 41.1 Å². The highest BCUT2D eigenvalue weighted by Crippen LogP contribution is 2.32. The van der Waals surface area contributed by atoms with Crippen LogP contribution in [0.2, 0.25) is 0 Å². The molecule has 1 aliphatic heterocycles. The van der Waals surface area contributed by atoms with E-state index in [4.69, 9.17) is 4.74 Å². The van der Waals surface area contributed by atoms with Gasteiger partial charge in [-0.2, -0.15) is 0 Å². The number of urea groups is 1. The molecule has 0 radical (unpaired) electrons. The van der Waals surface area contributed by atoms with Crippen LogP contribution in [0.25, 0.3) is 0 Å². The Kier molecular flexibility index (Phi) is 7.06. The van der Waals surface area contributed by atoms with E-state index in [9.17, 15) is 14.4 Å². The average molecular weight is 402 g/mol. The molecule has 1 unspecified atom stereocenters. The fourth-order valence-corrected chi connectivity index (χ4v) is 3.07. The van der Waals surface area contributed by atoms with Gasteiger partial charge in [0.2, 0.25) is 5.91 Å². The van der Waals surface area contributed by atoms with Crippen molar-refractivity contribution in [1.82, 2.24) is 10.2 Å². The standard InChI is InChI=1S/C22H31N3O4/c1-7-8-13-25-14(2)17(19(26)29-6)18(24-21(25)28)15-9-11-16(12-10-15)23-20(27)22(3,4)5/h9-12,18H,7-8,13H2,1-6H3,(H,23,27)(H,24,28). The maximum absolute atomic E-state index is 12.6. The Bertz CT molecular complexity index is 806. The molecule has 2 N–H and O–H groups in total. The molecule has 0 saturated carbocycles. The van der Waals surface area contributed by atoms with Crippen LogP contribution in [0.4, 0.5) is 10.5 Å². The monoisotopic (exact) mass is 401 g/mol. The summed E-state index contributed by atoms with van der Waals surface area (Å²) >= 11 is 0. The van der Waals surface area contributed by atoms with Gasteiger partial charge in [-0.3, -0.25) is 9.69 Å². The van der Waals surface area contributed by atoms with Crippen molar-refractivity contribution in [2.75, 3.05) is 19.0 Å². The van der Waals surface area contributed by atoms with Gasteiger partial charge in [-0.1, -0.05) is 46.2 Å². The van der Waals surface area contributed by atoms with Crippen molar-refractivity contribution in [2.24, 2.45) is 5.41 Å². The van der Waals surface area contributed by atoms with E-state index < -0.39 is 17.4 Å². The molecule has 1 aliphatic rings. The number of allylic oxidation sites excluding steroid dienone is 1. The van der Waals surface area contributed by atoms with Crippen LogP contribution in [-0.2, 0) is 14.3 Å². The SMILES string of the molecule is CCCCN1C(=O)NC(c2ccc(NC(=O)C(C)(C)C)cc2)C(C(=O)OC)=C1C. The van der Waals surface area contributed by atoms with Crippen LogP contribution in [0.3, 0.4) is 0 Å². The Hall–Kier alpha value is -2.83. The van der Waals surface area contributed by atoms with Crippen LogP contribution in [0.15, 0.2) is 35.5 Å². The van der Waals surface area contributed by atoms with E-state index in [0.29, 0.717) is 23.5 Å². The number of ether oxygens (including phenoxy) is 1. The van der Waals surface area contributed by atoms with Gasteiger partial charge in [-0.15, -0.1) is 0 Å². The van der Waals surface area contributed by atoms with Crippen molar-refractivity contribution in [3.8, 4) is 0 Å². The van der Waals surface area contributed by atoms with E-state index in [2.05, 4.69) is 10.6 Å². The zero-order valence-corrected chi connectivity index (χ0v) is 18.1. The second-order valence-corrected chi connectivity index (χ2v) is 8.20. The number of carbonyl (C=O) groups is 3. The second kappa shape index (κ2) is 9.11. The predicted octanol–water partition coefficient (Wildman–Crippen LogP) is 3.98. The van der Waals surface area contributed by atoms with E-state index in [0.717, 1.165) is 18.4 Å². The van der Waals surface area contributed by atoms with E-state index in [-0.39, 0.29) is 11.9 Å². The van der Waals surface area contributed by atoms with E-state index >= 15 is 0 Å². The smallest absolute Gasteiger partial charge is 0.337 e. The first kappa shape index (κ1) is 22.5. The number of esters is 1. The zero-order valence-electron chi connectivity index (χ0n) is 18.1. The lowest BCUT2D eigenvalue weighted by Crippen LogP contribution is -2.48. The number of benzene rings is 1. The van der Waals surface area contributed by atoms with Gasteiger partial charge >= 0.3 is 12.0 Å². The van der Waals surface area contributed by atoms with E-state index in [1.54, 1.807) is 36.1 Å². The maximum Gasteiger partial charge on any atom is 0.337 e. The van der Waals surface area contributed by atoms with Gasteiger partial charge < -0.3 is 15.4 Å². The minimum absolute atomic E-state index is 0.0891. The van der Waals surface area contributed by atoms with Crippen LogP contribution < -0.4 is 10.6 Å². The Labute approximate surface area is 172 Å². The van der Waals surface area contributed by atoms with Crippen LogP contribution >= 0.6 is 0 Å². The maximum atomic E-state index is 12.6. The van der Waals surface area contributed by atoms with Gasteiger partial charge in [0.05, 0.1) is 18.7 Å². The van der Waals surface area contributed by atoms with Crippen molar-refractivity contribution in [3.63, 3.8) is 0 Å². The van der Waals surface area contributed by atoms with E-state index in [1.165, 1.54) is 7.11 Å². The quantitative estimate of drug-likeness (QED) is 0.706. The number of hydrogen-bond acceptors (Lipinski definition) is 4. The lowest BCUT2D eigenvalue weighted by Gasteiger charge is -2.35. The van der Waals surface area contributed by atoms with Gasteiger partial charge in [0, 0.05) is 23.3 Å². The van der Waals surface area contributed by atoms with Crippen molar-refractivity contribution in [1.29, 1.82) is 0 Å². The average Bonchev–Trinajstić information content (AvgIpc) is 2.66. The molecule has 2 rings (SSSR count). The summed E-state index contributed by atoms with van der Waals surface area (Å²) in [5.41, 5.74) is 1.90. The molecule has 1 atom stereocenters. The van der Waals surface area contributed by atoms with Gasteiger partial charge in [0.25, 0.3) is 0 Å². The number of unbranched alkanes of at least 4 members (excludes halogenated alkanes) is 1. The molecule has 0 saturated heterocycles. The molecule has 158 valence electrons. The summed E-state index contributed by atoms with van der Waals surface area (Å²) in [5, 5.41) is 5.78. The van der Waals surface area contributed by atoms with Crippen LogP contribution in [-0.4, -0.2) is 36.5 Å². The molecule has 3 amide bonds. The summed E-state index contributed by atoms with van der Waals surface area (Å²) in [6.45, 7) is 9.88. The highest BCUT2D eigenvalue weighted by molar-refractivity contribution is 5.96. The summed E-state index contributed by atoms with van der Waals surface area (Å²) in [6, 6.07) is 6.26. The third-order valence-electron chi connectivity index (χ3n) is 4.92. The molecule has 7 nitrogen and oxygen atoms in total. The summed E-state index contributed by atoms with van der Waals surface area (Å²) in [5.74, 6) is -0.562. The molecule has 7 heteroatoms. The first-order chi connectivity index (χ1) is 13.6. The fourth-order valence-electron chi connectivity index (χ4n) is 3.07. The summed E-state index contributed by atoms with van der Waals surface area (Å²) in [6.07, 6.45) is 1.78. The number of rotatable bonds is 6. The first-order valence-electron chi connectivity index (χ1n) is 9.88. The number of hydrogen-bond donors (Lipinski definition) is 2. The number of carbonyl (C=O) groups excluding carboxylic acids is 3. The van der Waals surface area contributed by atoms with Crippen molar-refractivity contribution >= 4 is 23.6 Å². The van der Waals surface area contributed by atoms with Crippen LogP contribution in [0.5, 0.6) is 0 Å². The summed E-state index contributed by atoms with van der Waals surface area (Å²) in [4.78, 5) is 38.9. The molecular weight excluding hydrogens is 370 g/mol. The Balaban J connectivity index is 2.34. The van der Waals surface area contributed by atoms with Gasteiger partial charge in [0.15, 0.2) is 0 Å². The molecule has 0 fully saturated rings. The first-order valence-corrected chi connectivity index (χ1v) is 9.88. The van der Waals surface area contributed by atoms with Gasteiger partial charge in [-0.25, -0.2) is 9.59 Å². The number of nitrogens with zero attached hydrogens (tertiary/aromatic N) is 1. The van der Waals surface area contributed by atoms with Crippen LogP contribution in [0.1, 0.15) is 59.1 Å². The number of methoxy groups -OCH3 is 1. The normalized spacial score (nSPS) is 17.1. The highest BCUT2D eigenvalue weighted by Gasteiger charge is 2.36. The lowest BCUT2D eigenvalue weighted by molar-refractivity contribution is -0.136. The molecule has 0 aromatic heterocycles. The molecular formula is C22H31N3O4. The highest BCUT2D eigenvalue weighted by atomic mass is 16.5. The Morgan fingerprint density at radius 3 is 2.34 bits per heavy atom. The number of anilines is 1. The summed E-state index contributed by atoms with van der Waals surface area (Å²) < 4.78 is 4.98.